The summed E-state index contributed by atoms with van der Waals surface area (Å²) in [5.74, 6) is 0. The van der Waals surface area contributed by atoms with E-state index in [-0.39, 0.29) is 13.2 Å². The minimum absolute atomic E-state index is 0.0485. The molecule has 0 fully saturated rings. The second kappa shape index (κ2) is 9.75. The van der Waals surface area contributed by atoms with Crippen LogP contribution in [0.2, 0.25) is 0 Å². The Kier molecular flexibility index (Phi) is 7.10. The first-order valence-electron chi connectivity index (χ1n) is 8.34. The summed E-state index contributed by atoms with van der Waals surface area (Å²) in [4.78, 5) is 13.1. The highest BCUT2D eigenvalue weighted by molar-refractivity contribution is 7.13. The molecule has 0 saturated carbocycles. The number of nitrogens with zero attached hydrogens (tertiary/aromatic N) is 3. The van der Waals surface area contributed by atoms with Crippen LogP contribution in [0.3, 0.4) is 0 Å². The molecule has 0 aliphatic carbocycles. The number of thiophene rings is 2. The van der Waals surface area contributed by atoms with Crippen molar-refractivity contribution >= 4 is 22.7 Å². The van der Waals surface area contributed by atoms with Crippen LogP contribution in [-0.4, -0.2) is 64.5 Å². The van der Waals surface area contributed by atoms with Crippen LogP contribution >= 0.6 is 22.7 Å². The number of hydrogen-bond donors (Lipinski definition) is 2. The zero-order chi connectivity index (χ0) is 18.2. The highest BCUT2D eigenvalue weighted by atomic mass is 32.1. The summed E-state index contributed by atoms with van der Waals surface area (Å²) in [6.45, 7) is 2.07. The molecule has 0 radical (unpaired) electrons. The van der Waals surface area contributed by atoms with Crippen molar-refractivity contribution < 1.29 is 14.9 Å². The molecule has 3 aromatic heterocycles. The Labute approximate surface area is 160 Å². The van der Waals surface area contributed by atoms with E-state index in [1.54, 1.807) is 22.7 Å². The first kappa shape index (κ1) is 18.9. The molecular formula is C18H21N3O3S2. The van der Waals surface area contributed by atoms with Gasteiger partial charge in [0.15, 0.2) is 0 Å². The molecule has 0 bridgehead atoms. The van der Waals surface area contributed by atoms with Gasteiger partial charge in [-0.3, -0.25) is 4.90 Å². The van der Waals surface area contributed by atoms with E-state index in [2.05, 4.69) is 9.97 Å². The second-order valence-corrected chi connectivity index (χ2v) is 7.41. The van der Waals surface area contributed by atoms with Crippen molar-refractivity contribution in [2.45, 2.75) is 0 Å². The summed E-state index contributed by atoms with van der Waals surface area (Å²) in [6, 6.07) is 10.4. The van der Waals surface area contributed by atoms with Crippen molar-refractivity contribution in [1.29, 1.82) is 0 Å². The third-order valence-electron chi connectivity index (χ3n) is 3.72. The number of ether oxygens (including phenoxy) is 1. The largest absolute Gasteiger partial charge is 0.462 e. The Morgan fingerprint density at radius 1 is 0.885 bits per heavy atom. The van der Waals surface area contributed by atoms with Crippen LogP contribution in [0.1, 0.15) is 0 Å². The van der Waals surface area contributed by atoms with Gasteiger partial charge in [0.1, 0.15) is 6.61 Å². The monoisotopic (exact) mass is 391 g/mol. The molecule has 26 heavy (non-hydrogen) atoms. The van der Waals surface area contributed by atoms with E-state index in [0.717, 1.165) is 21.1 Å². The zero-order valence-corrected chi connectivity index (χ0v) is 15.9. The molecule has 0 spiro atoms. The van der Waals surface area contributed by atoms with E-state index in [9.17, 15) is 0 Å². The summed E-state index contributed by atoms with van der Waals surface area (Å²) in [5.41, 5.74) is 1.69. The maximum atomic E-state index is 9.08. The third kappa shape index (κ3) is 5.09. The molecule has 0 aliphatic rings. The highest BCUT2D eigenvalue weighted by Gasteiger charge is 2.11. The van der Waals surface area contributed by atoms with E-state index < -0.39 is 0 Å². The van der Waals surface area contributed by atoms with E-state index in [1.165, 1.54) is 0 Å². The fourth-order valence-electron chi connectivity index (χ4n) is 2.48. The molecule has 0 saturated heterocycles. The lowest BCUT2D eigenvalue weighted by molar-refractivity contribution is 0.139. The number of rotatable bonds is 10. The van der Waals surface area contributed by atoms with Gasteiger partial charge in [-0.1, -0.05) is 12.1 Å². The number of aromatic nitrogens is 2. The first-order chi connectivity index (χ1) is 12.8. The number of aliphatic hydroxyl groups excluding tert-OH is 2. The molecule has 3 aromatic rings. The van der Waals surface area contributed by atoms with Crippen LogP contribution in [0, 0.1) is 0 Å². The van der Waals surface area contributed by atoms with Crippen molar-refractivity contribution in [3.8, 4) is 27.2 Å². The lowest BCUT2D eigenvalue weighted by Gasteiger charge is -2.19. The van der Waals surface area contributed by atoms with E-state index in [4.69, 9.17) is 14.9 Å². The van der Waals surface area contributed by atoms with Crippen LogP contribution in [-0.2, 0) is 0 Å². The molecule has 3 rings (SSSR count). The van der Waals surface area contributed by atoms with Crippen LogP contribution in [0.4, 0.5) is 0 Å². The van der Waals surface area contributed by atoms with Gasteiger partial charge in [0.05, 0.1) is 34.4 Å². The first-order valence-corrected chi connectivity index (χ1v) is 10.1. The predicted molar refractivity (Wildman–Crippen MR) is 105 cm³/mol. The molecule has 2 N–H and O–H groups in total. The van der Waals surface area contributed by atoms with Crippen LogP contribution in [0.5, 0.6) is 6.01 Å². The predicted octanol–water partition coefficient (Wildman–Crippen LogP) is 2.60. The van der Waals surface area contributed by atoms with Gasteiger partial charge < -0.3 is 14.9 Å². The molecule has 0 aromatic carbocycles. The highest BCUT2D eigenvalue weighted by Crippen LogP contribution is 2.30. The van der Waals surface area contributed by atoms with E-state index in [1.807, 2.05) is 46.0 Å². The summed E-state index contributed by atoms with van der Waals surface area (Å²) >= 11 is 3.25. The SMILES string of the molecule is OCCN(CCO)CCOc1nc(-c2cccs2)cc(-c2cccs2)n1. The Balaban J connectivity index is 1.75. The van der Waals surface area contributed by atoms with Gasteiger partial charge in [-0.15, -0.1) is 22.7 Å². The van der Waals surface area contributed by atoms with Gasteiger partial charge in [0, 0.05) is 19.6 Å². The molecule has 6 nitrogen and oxygen atoms in total. The normalized spacial score (nSPS) is 11.2. The van der Waals surface area contributed by atoms with Crippen molar-refractivity contribution in [2.75, 3.05) is 39.5 Å². The van der Waals surface area contributed by atoms with Crippen LogP contribution in [0.15, 0.2) is 41.1 Å². The second-order valence-electron chi connectivity index (χ2n) is 5.51. The van der Waals surface area contributed by atoms with Crippen molar-refractivity contribution in [1.82, 2.24) is 14.9 Å². The molecular weight excluding hydrogens is 370 g/mol. The summed E-state index contributed by atoms with van der Waals surface area (Å²) in [7, 11) is 0. The van der Waals surface area contributed by atoms with Crippen molar-refractivity contribution in [3.63, 3.8) is 0 Å². The van der Waals surface area contributed by atoms with Crippen molar-refractivity contribution in [2.24, 2.45) is 0 Å². The third-order valence-corrected chi connectivity index (χ3v) is 5.51. The van der Waals surface area contributed by atoms with E-state index >= 15 is 0 Å². The van der Waals surface area contributed by atoms with E-state index in [0.29, 0.717) is 32.3 Å². The molecule has 3 heterocycles. The topological polar surface area (TPSA) is 78.7 Å². The van der Waals surface area contributed by atoms with Gasteiger partial charge in [0.25, 0.3) is 0 Å². The zero-order valence-electron chi connectivity index (χ0n) is 14.2. The Morgan fingerprint density at radius 2 is 1.46 bits per heavy atom. The maximum absolute atomic E-state index is 9.08. The number of hydrogen-bond acceptors (Lipinski definition) is 8. The standard InChI is InChI=1S/C18H21N3O3S2/c22-8-5-21(6-9-23)7-10-24-18-19-14(16-3-1-11-25-16)13-15(20-18)17-4-2-12-26-17/h1-4,11-13,22-23H,5-10H2. The van der Waals surface area contributed by atoms with Gasteiger partial charge in [0.2, 0.25) is 0 Å². The molecule has 0 unspecified atom stereocenters. The molecule has 0 atom stereocenters. The summed E-state index contributed by atoms with van der Waals surface area (Å²) in [6.07, 6.45) is 0. The average Bonchev–Trinajstić information content (AvgIpc) is 3.36. The number of aliphatic hydroxyl groups is 2. The fraction of sp³-hybridized carbons (Fsp3) is 0.333. The maximum Gasteiger partial charge on any atom is 0.317 e. The van der Waals surface area contributed by atoms with Crippen LogP contribution in [0.25, 0.3) is 21.1 Å². The molecule has 0 amide bonds. The van der Waals surface area contributed by atoms with Gasteiger partial charge in [-0.2, -0.15) is 9.97 Å². The molecule has 8 heteroatoms. The van der Waals surface area contributed by atoms with Gasteiger partial charge >= 0.3 is 6.01 Å². The fourth-order valence-corrected chi connectivity index (χ4v) is 3.85. The quantitative estimate of drug-likeness (QED) is 0.553. The smallest absolute Gasteiger partial charge is 0.317 e. The summed E-state index contributed by atoms with van der Waals surface area (Å²) in [5, 5.41) is 22.2. The minimum atomic E-state index is 0.0485. The Hall–Kier alpha value is -1.84. The summed E-state index contributed by atoms with van der Waals surface area (Å²) < 4.78 is 5.79. The van der Waals surface area contributed by atoms with Crippen molar-refractivity contribution in [3.05, 3.63) is 41.1 Å². The Morgan fingerprint density at radius 3 is 1.92 bits per heavy atom. The Bertz CT molecular complexity index is 721. The molecule has 138 valence electrons. The average molecular weight is 392 g/mol. The van der Waals surface area contributed by atoms with Gasteiger partial charge in [-0.05, 0) is 29.0 Å². The van der Waals surface area contributed by atoms with Crippen LogP contribution < -0.4 is 4.74 Å². The van der Waals surface area contributed by atoms with Gasteiger partial charge in [-0.25, -0.2) is 0 Å². The lowest BCUT2D eigenvalue weighted by Crippen LogP contribution is -2.33. The lowest BCUT2D eigenvalue weighted by atomic mass is 10.2. The molecule has 0 aliphatic heterocycles. The minimum Gasteiger partial charge on any atom is -0.462 e.